The van der Waals surface area contributed by atoms with Crippen LogP contribution in [0, 0.1) is 0 Å². The molecular formula is C17H16F3N3O4. The number of benzene rings is 1. The number of aromatic amines is 1. The van der Waals surface area contributed by atoms with Gasteiger partial charge in [-0.05, 0) is 31.0 Å². The molecule has 144 valence electrons. The van der Waals surface area contributed by atoms with E-state index >= 15 is 0 Å². The molecule has 0 aliphatic heterocycles. The maximum Gasteiger partial charge on any atom is 0.515 e. The quantitative estimate of drug-likeness (QED) is 0.695. The number of carbonyl (C=O) groups is 1. The molecule has 0 fully saturated rings. The molecule has 0 aliphatic rings. The standard InChI is InChI=1S/C17H16F3N3O4/c1-4-26-16(25)27-15-12(8(2)3)23-11-6-5-9(17(18,19)20)7-10(11)21-14(24)13(23)22-15/h5-8H,4H2,1-3H3,(H,21,24). The minimum absolute atomic E-state index is 0.00990. The first-order valence-electron chi connectivity index (χ1n) is 8.13. The molecule has 0 bridgehead atoms. The van der Waals surface area contributed by atoms with Crippen LogP contribution in [0.25, 0.3) is 16.7 Å². The van der Waals surface area contributed by atoms with Crippen LogP contribution in [0.3, 0.4) is 0 Å². The first kappa shape index (κ1) is 18.7. The fourth-order valence-electron chi connectivity index (χ4n) is 2.80. The topological polar surface area (TPSA) is 85.7 Å². The maximum atomic E-state index is 13.0. The van der Waals surface area contributed by atoms with E-state index in [-0.39, 0.29) is 29.6 Å². The molecule has 2 aromatic heterocycles. The molecule has 27 heavy (non-hydrogen) atoms. The highest BCUT2D eigenvalue weighted by molar-refractivity contribution is 5.79. The van der Waals surface area contributed by atoms with Crippen molar-refractivity contribution in [1.82, 2.24) is 14.4 Å². The summed E-state index contributed by atoms with van der Waals surface area (Å²) in [6.45, 7) is 5.24. The number of ether oxygens (including phenoxy) is 2. The number of H-pyrrole nitrogens is 1. The van der Waals surface area contributed by atoms with Crippen LogP contribution >= 0.6 is 0 Å². The Bertz CT molecular complexity index is 1080. The lowest BCUT2D eigenvalue weighted by molar-refractivity contribution is -0.137. The van der Waals surface area contributed by atoms with Gasteiger partial charge in [0.2, 0.25) is 11.5 Å². The molecule has 0 atom stereocenters. The molecule has 2 heterocycles. The summed E-state index contributed by atoms with van der Waals surface area (Å²) in [4.78, 5) is 30.5. The minimum atomic E-state index is -4.55. The number of nitrogens with one attached hydrogen (secondary N) is 1. The van der Waals surface area contributed by atoms with Crippen molar-refractivity contribution in [3.8, 4) is 5.88 Å². The summed E-state index contributed by atoms with van der Waals surface area (Å²) in [5, 5.41) is 0. The molecule has 0 spiro atoms. The summed E-state index contributed by atoms with van der Waals surface area (Å²) in [5.74, 6) is -0.377. The van der Waals surface area contributed by atoms with Crippen LogP contribution in [0.2, 0.25) is 0 Å². The lowest BCUT2D eigenvalue weighted by Gasteiger charge is -2.12. The molecular weight excluding hydrogens is 367 g/mol. The van der Waals surface area contributed by atoms with Crippen LogP contribution in [-0.2, 0) is 10.9 Å². The van der Waals surface area contributed by atoms with Gasteiger partial charge in [-0.15, -0.1) is 0 Å². The van der Waals surface area contributed by atoms with Gasteiger partial charge in [0.05, 0.1) is 28.9 Å². The van der Waals surface area contributed by atoms with Gasteiger partial charge in [-0.25, -0.2) is 4.79 Å². The summed E-state index contributed by atoms with van der Waals surface area (Å²) in [7, 11) is 0. The third kappa shape index (κ3) is 3.34. The van der Waals surface area contributed by atoms with Gasteiger partial charge in [-0.2, -0.15) is 18.2 Å². The third-order valence-corrected chi connectivity index (χ3v) is 3.88. The number of rotatable bonds is 3. The van der Waals surface area contributed by atoms with Crippen LogP contribution in [-0.4, -0.2) is 27.1 Å². The first-order valence-corrected chi connectivity index (χ1v) is 8.13. The monoisotopic (exact) mass is 383 g/mol. The molecule has 1 aromatic carbocycles. The van der Waals surface area contributed by atoms with Gasteiger partial charge >= 0.3 is 12.3 Å². The zero-order valence-corrected chi connectivity index (χ0v) is 14.7. The van der Waals surface area contributed by atoms with E-state index < -0.39 is 23.5 Å². The highest BCUT2D eigenvalue weighted by Gasteiger charge is 2.31. The predicted octanol–water partition coefficient (Wildman–Crippen LogP) is 3.85. The van der Waals surface area contributed by atoms with Crippen molar-refractivity contribution in [2.75, 3.05) is 6.61 Å². The molecule has 3 aromatic rings. The van der Waals surface area contributed by atoms with Crippen LogP contribution in [0.4, 0.5) is 18.0 Å². The van der Waals surface area contributed by atoms with Crippen molar-refractivity contribution in [1.29, 1.82) is 0 Å². The Hall–Kier alpha value is -3.04. The van der Waals surface area contributed by atoms with Crippen molar-refractivity contribution in [2.45, 2.75) is 32.9 Å². The van der Waals surface area contributed by atoms with Crippen LogP contribution in [0.5, 0.6) is 5.88 Å². The van der Waals surface area contributed by atoms with Crippen LogP contribution < -0.4 is 10.3 Å². The van der Waals surface area contributed by atoms with Crippen molar-refractivity contribution < 1.29 is 27.4 Å². The predicted molar refractivity (Wildman–Crippen MR) is 90.1 cm³/mol. The number of nitrogens with zero attached hydrogens (tertiary/aromatic N) is 2. The lowest BCUT2D eigenvalue weighted by atomic mass is 10.1. The second-order valence-corrected chi connectivity index (χ2v) is 6.08. The number of alkyl halides is 3. The fraction of sp³-hybridized carbons (Fsp3) is 0.353. The van der Waals surface area contributed by atoms with E-state index in [1.165, 1.54) is 10.5 Å². The van der Waals surface area contributed by atoms with Gasteiger partial charge < -0.3 is 14.5 Å². The number of hydrogen-bond acceptors (Lipinski definition) is 5. The number of imidazole rings is 1. The SMILES string of the molecule is CCOC(=O)Oc1nc2c(=O)[nH]c3cc(C(F)(F)F)ccc3n2c1C(C)C. The molecule has 1 N–H and O–H groups in total. The van der Waals surface area contributed by atoms with Gasteiger partial charge in [0, 0.05) is 0 Å². The Morgan fingerprint density at radius 1 is 1.33 bits per heavy atom. The maximum absolute atomic E-state index is 13.0. The first-order chi connectivity index (χ1) is 12.6. The molecule has 0 aliphatic carbocycles. The Labute approximate surface area is 150 Å². The van der Waals surface area contributed by atoms with Gasteiger partial charge in [0.1, 0.15) is 0 Å². The second kappa shape index (κ2) is 6.60. The summed E-state index contributed by atoms with van der Waals surface area (Å²) in [6.07, 6.45) is -5.53. The van der Waals surface area contributed by atoms with Gasteiger partial charge in [0.25, 0.3) is 5.56 Å². The highest BCUT2D eigenvalue weighted by atomic mass is 19.4. The number of fused-ring (bicyclic) bond motifs is 3. The third-order valence-electron chi connectivity index (χ3n) is 3.88. The zero-order valence-electron chi connectivity index (χ0n) is 14.7. The van der Waals surface area contributed by atoms with Crippen molar-refractivity contribution in [3.63, 3.8) is 0 Å². The molecule has 7 nitrogen and oxygen atoms in total. The van der Waals surface area contributed by atoms with E-state index in [2.05, 4.69) is 9.97 Å². The summed E-state index contributed by atoms with van der Waals surface area (Å²) in [5.41, 5.74) is -1.03. The minimum Gasteiger partial charge on any atom is -0.434 e. The van der Waals surface area contributed by atoms with E-state index in [9.17, 15) is 22.8 Å². The van der Waals surface area contributed by atoms with Crippen molar-refractivity contribution >= 4 is 22.8 Å². The van der Waals surface area contributed by atoms with Gasteiger partial charge in [0.15, 0.2) is 0 Å². The molecule has 0 unspecified atom stereocenters. The fourth-order valence-corrected chi connectivity index (χ4v) is 2.80. The summed E-state index contributed by atoms with van der Waals surface area (Å²) < 4.78 is 50.1. The molecule has 3 rings (SSSR count). The Balaban J connectivity index is 2.31. The van der Waals surface area contributed by atoms with Crippen molar-refractivity contribution in [3.05, 3.63) is 39.8 Å². The molecule has 0 saturated carbocycles. The van der Waals surface area contributed by atoms with Gasteiger partial charge in [-0.1, -0.05) is 13.8 Å². The van der Waals surface area contributed by atoms with E-state index in [0.29, 0.717) is 11.2 Å². The Morgan fingerprint density at radius 2 is 2.04 bits per heavy atom. The molecule has 10 heteroatoms. The number of halogens is 3. The smallest absolute Gasteiger partial charge is 0.434 e. The molecule has 0 amide bonds. The Kier molecular flexibility index (Phi) is 4.58. The second-order valence-electron chi connectivity index (χ2n) is 6.08. The average Bonchev–Trinajstić information content (AvgIpc) is 2.93. The number of hydrogen-bond donors (Lipinski definition) is 1. The van der Waals surface area contributed by atoms with Crippen LogP contribution in [0.15, 0.2) is 23.0 Å². The largest absolute Gasteiger partial charge is 0.515 e. The lowest BCUT2D eigenvalue weighted by Crippen LogP contribution is -2.13. The van der Waals surface area contributed by atoms with E-state index in [4.69, 9.17) is 9.47 Å². The van der Waals surface area contributed by atoms with Crippen LogP contribution in [0.1, 0.15) is 37.9 Å². The van der Waals surface area contributed by atoms with E-state index in [0.717, 1.165) is 12.1 Å². The van der Waals surface area contributed by atoms with Crippen molar-refractivity contribution in [2.24, 2.45) is 0 Å². The molecule has 0 radical (unpaired) electrons. The Morgan fingerprint density at radius 3 is 2.63 bits per heavy atom. The van der Waals surface area contributed by atoms with E-state index in [1.54, 1.807) is 20.8 Å². The highest BCUT2D eigenvalue weighted by Crippen LogP contribution is 2.33. The molecule has 0 saturated heterocycles. The average molecular weight is 383 g/mol. The summed E-state index contributed by atoms with van der Waals surface area (Å²) in [6, 6.07) is 3.00. The number of aromatic nitrogens is 3. The zero-order chi connectivity index (χ0) is 19.9. The van der Waals surface area contributed by atoms with Gasteiger partial charge in [-0.3, -0.25) is 9.20 Å². The van der Waals surface area contributed by atoms with E-state index in [1.807, 2.05) is 0 Å². The normalized spacial score (nSPS) is 12.1. The summed E-state index contributed by atoms with van der Waals surface area (Å²) >= 11 is 0. The number of carbonyl (C=O) groups excluding carboxylic acids is 1.